The van der Waals surface area contributed by atoms with E-state index in [1.165, 1.54) is 11.1 Å². The van der Waals surface area contributed by atoms with Crippen LogP contribution in [-0.4, -0.2) is 0 Å². The van der Waals surface area contributed by atoms with Crippen molar-refractivity contribution in [1.82, 2.24) is 0 Å². The zero-order chi connectivity index (χ0) is 8.10. The molecule has 0 aliphatic carbocycles. The van der Waals surface area contributed by atoms with Crippen LogP contribution < -0.4 is 0 Å². The smallest absolute Gasteiger partial charge is 0 e. The fourth-order valence-corrected chi connectivity index (χ4v) is 1.15. The molecule has 0 heterocycles. The normalized spacial score (nSPS) is 8.75. The minimum atomic E-state index is 0. The van der Waals surface area contributed by atoms with Crippen molar-refractivity contribution in [3.8, 4) is 0 Å². The molecule has 0 aromatic heterocycles. The molecule has 0 aliphatic heterocycles. The van der Waals surface area contributed by atoms with E-state index in [0.29, 0.717) is 0 Å². The van der Waals surface area contributed by atoms with E-state index in [2.05, 4.69) is 31.7 Å². The Bertz CT molecular complexity index is 241. The fraction of sp³-hybridized carbons (Fsp3) is 0.182. The second-order valence-electron chi connectivity index (χ2n) is 2.51. The summed E-state index contributed by atoms with van der Waals surface area (Å²) in [5.41, 5.74) is 2.58. The van der Waals surface area contributed by atoms with Crippen LogP contribution in [0, 0.1) is 6.92 Å². The van der Waals surface area contributed by atoms with Gasteiger partial charge in [0.25, 0.3) is 0 Å². The summed E-state index contributed by atoms with van der Waals surface area (Å²) in [5.74, 6) is 0. The summed E-state index contributed by atoms with van der Waals surface area (Å²) < 4.78 is 0. The third-order valence-corrected chi connectivity index (χ3v) is 1.72. The van der Waals surface area contributed by atoms with E-state index in [0.717, 1.165) is 12.8 Å². The molecule has 0 unspecified atom stereocenters. The van der Waals surface area contributed by atoms with Gasteiger partial charge in [-0.1, -0.05) is 43.3 Å². The Hall–Kier alpha value is -0.300. The molecule has 0 saturated carbocycles. The molecule has 1 heteroatoms. The third kappa shape index (κ3) is 2.98. The van der Waals surface area contributed by atoms with Gasteiger partial charge in [-0.25, -0.2) is 0 Å². The summed E-state index contributed by atoms with van der Waals surface area (Å²) in [7, 11) is 0. The SMILES string of the molecule is C=Cc1ccccc1CC[CH2-].[Ta]. The number of hydrogen-bond donors (Lipinski definition) is 0. The van der Waals surface area contributed by atoms with Gasteiger partial charge < -0.3 is 6.92 Å². The molecule has 63 valence electrons. The van der Waals surface area contributed by atoms with E-state index in [1.54, 1.807) is 0 Å². The topological polar surface area (TPSA) is 0 Å². The summed E-state index contributed by atoms with van der Waals surface area (Å²) >= 11 is 0. The molecule has 1 aromatic rings. The molecule has 0 saturated heterocycles. The average molecular weight is 326 g/mol. The first-order valence-electron chi connectivity index (χ1n) is 3.88. The Morgan fingerprint density at radius 1 is 1.33 bits per heavy atom. The van der Waals surface area contributed by atoms with Gasteiger partial charge in [0.15, 0.2) is 0 Å². The van der Waals surface area contributed by atoms with Crippen LogP contribution in [0.2, 0.25) is 0 Å². The predicted molar refractivity (Wildman–Crippen MR) is 50.2 cm³/mol. The van der Waals surface area contributed by atoms with E-state index in [1.807, 2.05) is 12.1 Å². The summed E-state index contributed by atoms with van der Waals surface area (Å²) in [6, 6.07) is 8.29. The minimum absolute atomic E-state index is 0. The van der Waals surface area contributed by atoms with Crippen LogP contribution >= 0.6 is 0 Å². The van der Waals surface area contributed by atoms with Gasteiger partial charge in [-0.2, -0.15) is 6.42 Å². The van der Waals surface area contributed by atoms with Crippen molar-refractivity contribution in [3.63, 3.8) is 0 Å². The zero-order valence-electron chi connectivity index (χ0n) is 7.16. The van der Waals surface area contributed by atoms with Gasteiger partial charge in [-0.15, -0.1) is 0 Å². The van der Waals surface area contributed by atoms with Crippen molar-refractivity contribution in [2.24, 2.45) is 0 Å². The maximum atomic E-state index is 3.82. The standard InChI is InChI=1S/C11H13.Ta/c1-3-7-11-9-6-5-8-10(11)4-2;/h4-6,8-9H,1-3,7H2;/q-1;. The molecule has 0 spiro atoms. The van der Waals surface area contributed by atoms with Crippen LogP contribution in [0.15, 0.2) is 30.8 Å². The van der Waals surface area contributed by atoms with Gasteiger partial charge in [0.2, 0.25) is 0 Å². The molecule has 0 fully saturated rings. The average Bonchev–Trinajstić information content (AvgIpc) is 2.06. The first kappa shape index (κ1) is 11.7. The molecule has 0 amide bonds. The van der Waals surface area contributed by atoms with E-state index < -0.39 is 0 Å². The largest absolute Gasteiger partial charge is 0.343 e. The summed E-state index contributed by atoms with van der Waals surface area (Å²) in [4.78, 5) is 0. The second-order valence-corrected chi connectivity index (χ2v) is 2.51. The molecule has 0 atom stereocenters. The molecular weight excluding hydrogens is 313 g/mol. The Morgan fingerprint density at radius 2 is 2.00 bits per heavy atom. The summed E-state index contributed by atoms with van der Waals surface area (Å²) in [6.07, 6.45) is 3.89. The van der Waals surface area contributed by atoms with Crippen LogP contribution in [0.25, 0.3) is 6.08 Å². The van der Waals surface area contributed by atoms with Crippen LogP contribution in [0.4, 0.5) is 0 Å². The first-order valence-corrected chi connectivity index (χ1v) is 3.88. The Morgan fingerprint density at radius 3 is 2.58 bits per heavy atom. The fourth-order valence-electron chi connectivity index (χ4n) is 1.15. The number of aryl methyl sites for hydroxylation is 1. The first-order chi connectivity index (χ1) is 5.38. The van der Waals surface area contributed by atoms with Crippen molar-refractivity contribution >= 4 is 6.08 Å². The molecule has 1 radical (unpaired) electrons. The van der Waals surface area contributed by atoms with Gasteiger partial charge in [0.05, 0.1) is 0 Å². The van der Waals surface area contributed by atoms with Gasteiger partial charge in [-0.3, -0.25) is 0 Å². The summed E-state index contributed by atoms with van der Waals surface area (Å²) in [5, 5.41) is 0. The molecule has 0 N–H and O–H groups in total. The van der Waals surface area contributed by atoms with Crippen molar-refractivity contribution in [2.75, 3.05) is 0 Å². The maximum Gasteiger partial charge on any atom is 0 e. The van der Waals surface area contributed by atoms with E-state index in [-0.39, 0.29) is 22.4 Å². The van der Waals surface area contributed by atoms with Crippen molar-refractivity contribution in [2.45, 2.75) is 12.8 Å². The molecule has 0 bridgehead atoms. The van der Waals surface area contributed by atoms with E-state index in [4.69, 9.17) is 0 Å². The molecular formula is C11H13Ta-. The van der Waals surface area contributed by atoms with Crippen LogP contribution in [0.1, 0.15) is 17.5 Å². The van der Waals surface area contributed by atoms with Gasteiger partial charge >= 0.3 is 0 Å². The van der Waals surface area contributed by atoms with Crippen LogP contribution in [-0.2, 0) is 28.8 Å². The van der Waals surface area contributed by atoms with Gasteiger partial charge in [0, 0.05) is 22.4 Å². The molecule has 1 aromatic carbocycles. The van der Waals surface area contributed by atoms with Crippen molar-refractivity contribution in [1.29, 1.82) is 0 Å². The molecule has 0 aliphatic rings. The van der Waals surface area contributed by atoms with E-state index in [9.17, 15) is 0 Å². The van der Waals surface area contributed by atoms with Crippen LogP contribution in [0.5, 0.6) is 0 Å². The summed E-state index contributed by atoms with van der Waals surface area (Å²) in [6.45, 7) is 7.58. The Kier molecular flexibility index (Phi) is 6.09. The quantitative estimate of drug-likeness (QED) is 0.749. The molecule has 0 nitrogen and oxygen atoms in total. The monoisotopic (exact) mass is 326 g/mol. The third-order valence-electron chi connectivity index (χ3n) is 1.72. The van der Waals surface area contributed by atoms with Crippen molar-refractivity contribution < 1.29 is 22.4 Å². The maximum absolute atomic E-state index is 3.82. The number of hydrogen-bond acceptors (Lipinski definition) is 0. The van der Waals surface area contributed by atoms with Gasteiger partial charge in [-0.05, 0) is 11.1 Å². The zero-order valence-corrected chi connectivity index (χ0v) is 10.4. The van der Waals surface area contributed by atoms with E-state index >= 15 is 0 Å². The minimum Gasteiger partial charge on any atom is -0.343 e. The number of benzene rings is 1. The van der Waals surface area contributed by atoms with Crippen LogP contribution in [0.3, 0.4) is 0 Å². The molecule has 1 rings (SSSR count). The second kappa shape index (κ2) is 6.24. The predicted octanol–water partition coefficient (Wildman–Crippen LogP) is 3.09. The van der Waals surface area contributed by atoms with Gasteiger partial charge in [0.1, 0.15) is 0 Å². The number of rotatable bonds is 3. The van der Waals surface area contributed by atoms with Crippen molar-refractivity contribution in [3.05, 3.63) is 48.9 Å². The Labute approximate surface area is 90.2 Å². The Balaban J connectivity index is 0.00000121. The molecule has 12 heavy (non-hydrogen) atoms.